The van der Waals surface area contributed by atoms with E-state index in [1.807, 2.05) is 48.5 Å². The van der Waals surface area contributed by atoms with Gasteiger partial charge in [0.15, 0.2) is 0 Å². The van der Waals surface area contributed by atoms with Crippen molar-refractivity contribution in [3.8, 4) is 0 Å². The quantitative estimate of drug-likeness (QED) is 0.529. The average molecular weight is 301 g/mol. The molecular weight excluding hydrogens is 259 g/mol. The number of hydrogen-bond acceptors (Lipinski definition) is 0. The Hall–Kier alpha value is -0.850. The summed E-state index contributed by atoms with van der Waals surface area (Å²) in [5, 5.41) is 0. The molecule has 0 heterocycles. The maximum atomic E-state index is 12.1. The molecule has 0 amide bonds. The molecule has 0 nitrogen and oxygen atoms in total. The lowest BCUT2D eigenvalue weighted by molar-refractivity contribution is 0.509. The molecule has 1 aromatic carbocycles. The molecule has 0 aliphatic carbocycles. The van der Waals surface area contributed by atoms with Gasteiger partial charge in [0.25, 0.3) is 0 Å². The van der Waals surface area contributed by atoms with E-state index in [9.17, 15) is 4.39 Å². The second-order valence-corrected chi connectivity index (χ2v) is 4.10. The zero-order chi connectivity index (χ0) is 17.7. The third-order valence-electron chi connectivity index (χ3n) is 2.49. The smallest absolute Gasteiger partial charge is 0.123 e. The summed E-state index contributed by atoms with van der Waals surface area (Å²) in [6.45, 7) is 20.7. The van der Waals surface area contributed by atoms with E-state index >= 15 is 0 Å². The van der Waals surface area contributed by atoms with E-state index < -0.39 is 0 Å². The highest BCUT2D eigenvalue weighted by atomic mass is 19.1. The van der Waals surface area contributed by atoms with Crippen molar-refractivity contribution in [3.05, 3.63) is 35.6 Å². The summed E-state index contributed by atoms with van der Waals surface area (Å²) in [6, 6.07) is 6.40. The lowest BCUT2D eigenvalue weighted by Gasteiger charge is -2.02. The first kappa shape index (κ1) is 28.3. The maximum Gasteiger partial charge on any atom is 0.123 e. The van der Waals surface area contributed by atoms with Crippen LogP contribution in [0.15, 0.2) is 24.3 Å². The summed E-state index contributed by atoms with van der Waals surface area (Å²) in [7, 11) is 0. The van der Waals surface area contributed by atoms with E-state index in [1.165, 1.54) is 31.4 Å². The van der Waals surface area contributed by atoms with Gasteiger partial charge in [-0.1, -0.05) is 99.3 Å². The fourth-order valence-electron chi connectivity index (χ4n) is 1.23. The van der Waals surface area contributed by atoms with Crippen LogP contribution in [0.3, 0.4) is 0 Å². The molecule has 0 radical (unpaired) electrons. The van der Waals surface area contributed by atoms with Crippen molar-refractivity contribution in [1.82, 2.24) is 0 Å². The molecule has 1 atom stereocenters. The highest BCUT2D eigenvalue weighted by Gasteiger charge is 1.92. The highest BCUT2D eigenvalue weighted by molar-refractivity contribution is 5.13. The van der Waals surface area contributed by atoms with Crippen molar-refractivity contribution in [2.75, 3.05) is 0 Å². The zero-order valence-corrected chi connectivity index (χ0v) is 16.4. The van der Waals surface area contributed by atoms with Gasteiger partial charge in [0, 0.05) is 0 Å². The number of hydrogen-bond donors (Lipinski definition) is 0. The van der Waals surface area contributed by atoms with Gasteiger partial charge in [-0.2, -0.15) is 0 Å². The minimum atomic E-state index is -0.171. The Morgan fingerprint density at radius 2 is 1.24 bits per heavy atom. The van der Waals surface area contributed by atoms with Crippen LogP contribution in [0.5, 0.6) is 0 Å². The minimum Gasteiger partial charge on any atom is -0.207 e. The molecule has 0 saturated heterocycles. The normalized spacial score (nSPS) is 9.10. The van der Waals surface area contributed by atoms with Crippen molar-refractivity contribution >= 4 is 0 Å². The van der Waals surface area contributed by atoms with Crippen LogP contribution in [0.2, 0.25) is 0 Å². The van der Waals surface area contributed by atoms with Gasteiger partial charge in [0.05, 0.1) is 0 Å². The Kier molecular flexibility index (Phi) is 37.1. The molecule has 0 spiro atoms. The summed E-state index contributed by atoms with van der Waals surface area (Å²) < 4.78 is 12.1. The first-order chi connectivity index (χ1) is 10.1. The SMILES string of the molecule is CC.CC.CC.CCCC(C)CC.Cc1ccc(F)cc1. The topological polar surface area (TPSA) is 0 Å². The van der Waals surface area contributed by atoms with Gasteiger partial charge in [-0.05, 0) is 25.0 Å². The van der Waals surface area contributed by atoms with Crippen molar-refractivity contribution in [2.24, 2.45) is 5.92 Å². The molecule has 1 aromatic rings. The van der Waals surface area contributed by atoms with Gasteiger partial charge in [0.2, 0.25) is 0 Å². The van der Waals surface area contributed by atoms with Crippen LogP contribution in [0.25, 0.3) is 0 Å². The molecule has 0 aromatic heterocycles. The second kappa shape index (κ2) is 27.5. The summed E-state index contributed by atoms with van der Waals surface area (Å²) in [4.78, 5) is 0. The van der Waals surface area contributed by atoms with Crippen molar-refractivity contribution in [1.29, 1.82) is 0 Å². The van der Waals surface area contributed by atoms with Crippen LogP contribution in [0.4, 0.5) is 4.39 Å². The molecule has 1 heteroatoms. The Morgan fingerprint density at radius 3 is 1.43 bits per heavy atom. The third kappa shape index (κ3) is 28.1. The van der Waals surface area contributed by atoms with E-state index in [-0.39, 0.29) is 5.82 Å². The van der Waals surface area contributed by atoms with Crippen LogP contribution in [0, 0.1) is 18.7 Å². The van der Waals surface area contributed by atoms with Crippen LogP contribution in [-0.2, 0) is 0 Å². The fraction of sp³-hybridized carbons (Fsp3) is 0.700. The molecule has 0 fully saturated rings. The monoisotopic (exact) mass is 300 g/mol. The maximum absolute atomic E-state index is 12.1. The Bertz CT molecular complexity index is 218. The van der Waals surface area contributed by atoms with Crippen molar-refractivity contribution in [2.45, 2.75) is 88.5 Å². The molecule has 0 bridgehead atoms. The number of rotatable bonds is 3. The zero-order valence-electron chi connectivity index (χ0n) is 16.4. The lowest BCUT2D eigenvalue weighted by Crippen LogP contribution is -1.88. The van der Waals surface area contributed by atoms with Gasteiger partial charge in [-0.15, -0.1) is 0 Å². The molecule has 1 rings (SSSR count). The standard InChI is InChI=1S/C7H7F.C7H16.3C2H6/c1-6-2-4-7(8)5-3-6;1-4-6-7(3)5-2;3*1-2/h2-5H,1H3;7H,4-6H2,1-3H3;3*1-2H3. The predicted octanol–water partition coefficient (Wildman–Crippen LogP) is 8.05. The van der Waals surface area contributed by atoms with E-state index in [0.29, 0.717) is 0 Å². The molecule has 0 aliphatic rings. The van der Waals surface area contributed by atoms with Crippen LogP contribution >= 0.6 is 0 Å². The van der Waals surface area contributed by atoms with Gasteiger partial charge in [0.1, 0.15) is 5.82 Å². The molecular formula is C20H41F. The van der Waals surface area contributed by atoms with Gasteiger partial charge in [-0.25, -0.2) is 4.39 Å². The first-order valence-electron chi connectivity index (χ1n) is 8.82. The summed E-state index contributed by atoms with van der Waals surface area (Å²) in [5.41, 5.74) is 1.09. The van der Waals surface area contributed by atoms with Gasteiger partial charge in [-0.3, -0.25) is 0 Å². The van der Waals surface area contributed by atoms with Crippen LogP contribution in [0.1, 0.15) is 87.1 Å². The first-order valence-corrected chi connectivity index (χ1v) is 8.82. The average Bonchev–Trinajstić information content (AvgIpc) is 2.57. The van der Waals surface area contributed by atoms with Crippen LogP contribution < -0.4 is 0 Å². The van der Waals surface area contributed by atoms with E-state index in [2.05, 4.69) is 20.8 Å². The number of benzene rings is 1. The Balaban J connectivity index is -0.000000102. The van der Waals surface area contributed by atoms with E-state index in [1.54, 1.807) is 12.1 Å². The van der Waals surface area contributed by atoms with Crippen molar-refractivity contribution < 1.29 is 4.39 Å². The summed E-state index contributed by atoms with van der Waals surface area (Å²) >= 11 is 0. The van der Waals surface area contributed by atoms with Crippen LogP contribution in [-0.4, -0.2) is 0 Å². The van der Waals surface area contributed by atoms with E-state index in [0.717, 1.165) is 11.5 Å². The lowest BCUT2D eigenvalue weighted by atomic mass is 10.0. The van der Waals surface area contributed by atoms with E-state index in [4.69, 9.17) is 0 Å². The third-order valence-corrected chi connectivity index (χ3v) is 2.49. The number of aryl methyl sites for hydroxylation is 1. The van der Waals surface area contributed by atoms with Crippen molar-refractivity contribution in [3.63, 3.8) is 0 Å². The Labute approximate surface area is 135 Å². The highest BCUT2D eigenvalue weighted by Crippen LogP contribution is 2.07. The molecule has 128 valence electrons. The molecule has 0 N–H and O–H groups in total. The Morgan fingerprint density at radius 1 is 0.857 bits per heavy atom. The number of halogens is 1. The summed E-state index contributed by atoms with van der Waals surface area (Å²) in [6.07, 6.45) is 4.08. The predicted molar refractivity (Wildman–Crippen MR) is 99.5 cm³/mol. The largest absolute Gasteiger partial charge is 0.207 e. The van der Waals surface area contributed by atoms with Gasteiger partial charge >= 0.3 is 0 Å². The molecule has 0 aliphatic heterocycles. The molecule has 1 unspecified atom stereocenters. The fourth-order valence-corrected chi connectivity index (χ4v) is 1.23. The van der Waals surface area contributed by atoms with Gasteiger partial charge < -0.3 is 0 Å². The molecule has 0 saturated carbocycles. The minimum absolute atomic E-state index is 0.171. The molecule has 21 heavy (non-hydrogen) atoms. The second-order valence-electron chi connectivity index (χ2n) is 4.10. The summed E-state index contributed by atoms with van der Waals surface area (Å²) in [5.74, 6) is 0.778.